The summed E-state index contributed by atoms with van der Waals surface area (Å²) in [5.74, 6) is 0.608. The average molecular weight is 205 g/mol. The summed E-state index contributed by atoms with van der Waals surface area (Å²) in [6.07, 6.45) is 2.98. The van der Waals surface area contributed by atoms with Crippen molar-refractivity contribution in [2.45, 2.75) is 0 Å². The maximum atomic E-state index is 8.93. The molecule has 0 fully saturated rings. The second kappa shape index (κ2) is 2.88. The lowest BCUT2D eigenvalue weighted by Gasteiger charge is -1.94. The highest BCUT2D eigenvalue weighted by Crippen LogP contribution is 2.13. The second-order valence-corrected chi connectivity index (χ2v) is 2.69. The van der Waals surface area contributed by atoms with Gasteiger partial charge >= 0.3 is 0 Å². The van der Waals surface area contributed by atoms with Crippen LogP contribution in [0, 0.1) is 0 Å². The number of ether oxygens (including phenoxy) is 1. The molecule has 0 saturated carbocycles. The minimum Gasteiger partial charge on any atom is -0.491 e. The molecular weight excluding hydrogens is 198 g/mol. The number of nitrogens with zero attached hydrogens (tertiary/aromatic N) is 1. The van der Waals surface area contributed by atoms with E-state index in [1.165, 1.54) is 12.4 Å². The summed E-state index contributed by atoms with van der Waals surface area (Å²) < 4.78 is 6.57. The van der Waals surface area contributed by atoms with E-state index in [1.54, 1.807) is 13.2 Å². The predicted molar refractivity (Wildman–Crippen MR) is 38.1 cm³/mol. The third-order valence-corrected chi connectivity index (χ3v) is 1.46. The first-order valence-electron chi connectivity index (χ1n) is 2.67. The maximum Gasteiger partial charge on any atom is 0.263 e. The number of rotatable bonds is 1. The van der Waals surface area contributed by atoms with Gasteiger partial charge in [0.25, 0.3) is 6.20 Å². The van der Waals surface area contributed by atoms with Crippen molar-refractivity contribution in [1.29, 1.82) is 0 Å². The summed E-state index contributed by atoms with van der Waals surface area (Å²) in [4.78, 5) is 0. The Labute approximate surface area is 67.0 Å². The molecule has 0 aliphatic carbocycles. The Morgan fingerprint density at radius 3 is 2.80 bits per heavy atom. The largest absolute Gasteiger partial charge is 0.491 e. The molecule has 1 N–H and O–H groups in total. The molecular formula is C6H7BrNO2+. The Kier molecular flexibility index (Phi) is 2.11. The van der Waals surface area contributed by atoms with Crippen molar-refractivity contribution in [2.75, 3.05) is 7.11 Å². The Balaban J connectivity index is 3.06. The van der Waals surface area contributed by atoms with Crippen LogP contribution >= 0.6 is 15.9 Å². The SMILES string of the molecule is COc1cc(Br)c[n+](O)c1. The zero-order valence-electron chi connectivity index (χ0n) is 5.41. The lowest BCUT2D eigenvalue weighted by atomic mass is 10.5. The molecule has 0 unspecified atom stereocenters. The third-order valence-electron chi connectivity index (χ3n) is 1.03. The van der Waals surface area contributed by atoms with Crippen molar-refractivity contribution in [3.63, 3.8) is 0 Å². The molecule has 0 aromatic carbocycles. The predicted octanol–water partition coefficient (Wildman–Crippen LogP) is 0.982. The van der Waals surface area contributed by atoms with Gasteiger partial charge in [0, 0.05) is 10.8 Å². The Bertz CT molecular complexity index is 219. The van der Waals surface area contributed by atoms with Crippen LogP contribution < -0.4 is 9.47 Å². The van der Waals surface area contributed by atoms with Crippen LogP contribution in [0.5, 0.6) is 5.75 Å². The Morgan fingerprint density at radius 2 is 2.30 bits per heavy atom. The smallest absolute Gasteiger partial charge is 0.263 e. The van der Waals surface area contributed by atoms with Crippen LogP contribution in [0.4, 0.5) is 0 Å². The zero-order valence-corrected chi connectivity index (χ0v) is 7.00. The van der Waals surface area contributed by atoms with Crippen LogP contribution in [-0.4, -0.2) is 12.3 Å². The van der Waals surface area contributed by atoms with Gasteiger partial charge in [-0.2, -0.15) is 0 Å². The highest BCUT2D eigenvalue weighted by molar-refractivity contribution is 9.10. The summed E-state index contributed by atoms with van der Waals surface area (Å²) in [6.45, 7) is 0. The fourth-order valence-electron chi connectivity index (χ4n) is 0.616. The van der Waals surface area contributed by atoms with Gasteiger partial charge in [-0.05, 0) is 15.9 Å². The number of methoxy groups -OCH3 is 1. The highest BCUT2D eigenvalue weighted by atomic mass is 79.9. The quantitative estimate of drug-likeness (QED) is 0.547. The van der Waals surface area contributed by atoms with Crippen LogP contribution in [0.15, 0.2) is 22.9 Å². The number of hydrogen-bond donors (Lipinski definition) is 1. The molecule has 1 aromatic rings. The third kappa shape index (κ3) is 1.60. The number of halogens is 1. The van der Waals surface area contributed by atoms with Crippen molar-refractivity contribution in [1.82, 2.24) is 0 Å². The van der Waals surface area contributed by atoms with E-state index in [0.29, 0.717) is 5.75 Å². The van der Waals surface area contributed by atoms with Crippen molar-refractivity contribution in [2.24, 2.45) is 0 Å². The normalized spacial score (nSPS) is 9.40. The molecule has 0 bridgehead atoms. The van der Waals surface area contributed by atoms with E-state index in [9.17, 15) is 0 Å². The topological polar surface area (TPSA) is 33.3 Å². The molecule has 0 spiro atoms. The van der Waals surface area contributed by atoms with Crippen molar-refractivity contribution >= 4 is 15.9 Å². The summed E-state index contributed by atoms with van der Waals surface area (Å²) >= 11 is 3.19. The first kappa shape index (κ1) is 7.34. The van der Waals surface area contributed by atoms with Crippen LogP contribution in [0.25, 0.3) is 0 Å². The molecule has 1 rings (SSSR count). The fourth-order valence-corrected chi connectivity index (χ4v) is 1.05. The number of aromatic nitrogens is 1. The summed E-state index contributed by atoms with van der Waals surface area (Å²) in [5, 5.41) is 8.93. The number of pyridine rings is 1. The lowest BCUT2D eigenvalue weighted by Crippen LogP contribution is -2.28. The molecule has 10 heavy (non-hydrogen) atoms. The van der Waals surface area contributed by atoms with E-state index in [2.05, 4.69) is 15.9 Å². The first-order valence-corrected chi connectivity index (χ1v) is 3.47. The van der Waals surface area contributed by atoms with Gasteiger partial charge in [0.05, 0.1) is 11.6 Å². The second-order valence-electron chi connectivity index (χ2n) is 1.77. The molecule has 1 aromatic heterocycles. The molecule has 4 heteroatoms. The van der Waals surface area contributed by atoms with Gasteiger partial charge in [0.2, 0.25) is 6.20 Å². The minimum atomic E-state index is 0.608. The van der Waals surface area contributed by atoms with Gasteiger partial charge in [-0.1, -0.05) is 0 Å². The molecule has 0 aliphatic rings. The molecule has 0 saturated heterocycles. The van der Waals surface area contributed by atoms with Gasteiger partial charge < -0.3 is 4.74 Å². The van der Waals surface area contributed by atoms with Crippen molar-refractivity contribution in [3.05, 3.63) is 22.9 Å². The van der Waals surface area contributed by atoms with E-state index in [1.807, 2.05) is 0 Å². The highest BCUT2D eigenvalue weighted by Gasteiger charge is 2.03. The monoisotopic (exact) mass is 204 g/mol. The Morgan fingerprint density at radius 1 is 1.60 bits per heavy atom. The first-order chi connectivity index (χ1) is 4.72. The Hall–Kier alpha value is -0.770. The van der Waals surface area contributed by atoms with Gasteiger partial charge in [-0.15, -0.1) is 0 Å². The van der Waals surface area contributed by atoms with Crippen LogP contribution in [-0.2, 0) is 0 Å². The average Bonchev–Trinajstić information content (AvgIpc) is 1.85. The van der Waals surface area contributed by atoms with Crippen LogP contribution in [0.3, 0.4) is 0 Å². The maximum absolute atomic E-state index is 8.93. The molecule has 0 atom stereocenters. The molecule has 0 amide bonds. The fraction of sp³-hybridized carbons (Fsp3) is 0.167. The van der Waals surface area contributed by atoms with E-state index >= 15 is 0 Å². The summed E-state index contributed by atoms with van der Waals surface area (Å²) in [7, 11) is 1.54. The van der Waals surface area contributed by atoms with E-state index in [4.69, 9.17) is 9.94 Å². The molecule has 3 nitrogen and oxygen atoms in total. The van der Waals surface area contributed by atoms with E-state index < -0.39 is 0 Å². The van der Waals surface area contributed by atoms with Crippen molar-refractivity contribution < 1.29 is 14.7 Å². The van der Waals surface area contributed by atoms with Gasteiger partial charge in [0.1, 0.15) is 0 Å². The summed E-state index contributed by atoms with van der Waals surface area (Å²) in [6, 6.07) is 1.76. The molecule has 54 valence electrons. The molecule has 1 heterocycles. The van der Waals surface area contributed by atoms with E-state index in [-0.39, 0.29) is 0 Å². The van der Waals surface area contributed by atoms with Crippen LogP contribution in [0.2, 0.25) is 0 Å². The lowest BCUT2D eigenvalue weighted by molar-refractivity contribution is -0.905. The molecule has 0 aliphatic heterocycles. The van der Waals surface area contributed by atoms with E-state index in [0.717, 1.165) is 9.20 Å². The van der Waals surface area contributed by atoms with Crippen LogP contribution in [0.1, 0.15) is 0 Å². The summed E-state index contributed by atoms with van der Waals surface area (Å²) in [5.41, 5.74) is 0. The van der Waals surface area contributed by atoms with Gasteiger partial charge in [0.15, 0.2) is 5.75 Å². The van der Waals surface area contributed by atoms with Crippen molar-refractivity contribution in [3.8, 4) is 5.75 Å². The van der Waals surface area contributed by atoms with Gasteiger partial charge in [-0.25, -0.2) is 0 Å². The standard InChI is InChI=1S/C6H7BrNO2/c1-10-6-2-5(7)3-8(9)4-6/h2-4,9H,1H3/q+1. The molecule has 0 radical (unpaired) electrons. The minimum absolute atomic E-state index is 0.608. The zero-order chi connectivity index (χ0) is 7.56. The number of hydrogen-bond acceptors (Lipinski definition) is 2. The van der Waals surface area contributed by atoms with Gasteiger partial charge in [-0.3, -0.25) is 5.21 Å².